The van der Waals surface area contributed by atoms with E-state index >= 15 is 0 Å². The molecule has 61 heavy (non-hydrogen) atoms. The Labute approximate surface area is 355 Å². The highest BCUT2D eigenvalue weighted by Gasteiger charge is 2.50. The van der Waals surface area contributed by atoms with Crippen molar-refractivity contribution in [2.24, 2.45) is 0 Å². The highest BCUT2D eigenvalue weighted by molar-refractivity contribution is 6.90. The molecule has 0 unspecified atom stereocenters. The zero-order chi connectivity index (χ0) is 41.1. The van der Waals surface area contributed by atoms with Gasteiger partial charge in [-0.1, -0.05) is 126 Å². The van der Waals surface area contributed by atoms with Crippen LogP contribution in [0.2, 0.25) is 0 Å². The first-order valence-electron chi connectivity index (χ1n) is 22.1. The van der Waals surface area contributed by atoms with Crippen LogP contribution in [0.15, 0.2) is 130 Å². The summed E-state index contributed by atoms with van der Waals surface area (Å²) in [5, 5.41) is 4.58. The number of benzene rings is 7. The lowest BCUT2D eigenvalue weighted by Gasteiger charge is -2.45. The van der Waals surface area contributed by atoms with Crippen LogP contribution in [0.25, 0.3) is 77.2 Å². The van der Waals surface area contributed by atoms with Crippen LogP contribution in [0.4, 0.5) is 17.1 Å². The van der Waals surface area contributed by atoms with Crippen molar-refractivity contribution in [3.8, 4) is 22.3 Å². The van der Waals surface area contributed by atoms with Crippen LogP contribution in [0.5, 0.6) is 0 Å². The third kappa shape index (κ3) is 4.00. The number of aromatic nitrogens is 1. The molecule has 14 rings (SSSR count). The average molecular weight is 789 g/mol. The first kappa shape index (κ1) is 34.3. The van der Waals surface area contributed by atoms with E-state index in [4.69, 9.17) is 8.83 Å². The van der Waals surface area contributed by atoms with Gasteiger partial charge in [-0.3, -0.25) is 0 Å². The minimum absolute atomic E-state index is 0.0315. The van der Waals surface area contributed by atoms with Gasteiger partial charge in [-0.25, -0.2) is 0 Å². The predicted molar refractivity (Wildman–Crippen MR) is 255 cm³/mol. The second-order valence-electron chi connectivity index (χ2n) is 20.3. The third-order valence-corrected chi connectivity index (χ3v) is 15.7. The highest BCUT2D eigenvalue weighted by Crippen LogP contribution is 2.58. The van der Waals surface area contributed by atoms with Gasteiger partial charge in [0.15, 0.2) is 11.2 Å². The van der Waals surface area contributed by atoms with E-state index in [2.05, 4.69) is 179 Å². The Balaban J connectivity index is 1.22. The number of hydrogen-bond acceptors (Lipinski definition) is 3. The number of furan rings is 2. The van der Waals surface area contributed by atoms with E-state index in [1.807, 2.05) is 0 Å². The normalized spacial score (nSPS) is 17.3. The maximum absolute atomic E-state index is 7.16. The van der Waals surface area contributed by atoms with E-state index in [1.54, 1.807) is 0 Å². The van der Waals surface area contributed by atoms with Gasteiger partial charge in [0.25, 0.3) is 0 Å². The molecule has 294 valence electrons. The van der Waals surface area contributed by atoms with Gasteiger partial charge in [-0.15, -0.1) is 0 Å². The summed E-state index contributed by atoms with van der Waals surface area (Å²) in [7, 11) is 0. The van der Waals surface area contributed by atoms with Crippen molar-refractivity contribution in [3.63, 3.8) is 0 Å². The van der Waals surface area contributed by atoms with E-state index in [9.17, 15) is 0 Å². The Kier molecular flexibility index (Phi) is 6.12. The fraction of sp³-hybridized carbons (Fsp3) is 0.214. The summed E-state index contributed by atoms with van der Waals surface area (Å²) in [6, 6.07) is 45.6. The third-order valence-electron chi connectivity index (χ3n) is 15.7. The minimum atomic E-state index is -0.227. The Morgan fingerprint density at radius 3 is 2.00 bits per heavy atom. The number of anilines is 3. The van der Waals surface area contributed by atoms with Crippen LogP contribution >= 0.6 is 0 Å². The second kappa shape index (κ2) is 10.9. The molecule has 4 aliphatic rings. The van der Waals surface area contributed by atoms with Crippen molar-refractivity contribution in [2.45, 2.75) is 77.6 Å². The van der Waals surface area contributed by atoms with Crippen molar-refractivity contribution in [2.75, 3.05) is 4.90 Å². The van der Waals surface area contributed by atoms with E-state index in [0.717, 1.165) is 61.5 Å². The highest BCUT2D eigenvalue weighted by atomic mass is 16.3. The summed E-state index contributed by atoms with van der Waals surface area (Å²) < 4.78 is 16.7. The SMILES string of the molecule is Cc1cc2c(cc1N1c3cc4c(c5c3B(c3ccc6c(oc7ccccc76)c31)n1c3c-5cccc3c3oc5ccccc5c31)C(C)(C)c1ccccc1-4)C(C)(C)CCC2(C)C. The summed E-state index contributed by atoms with van der Waals surface area (Å²) in [4.78, 5) is 2.64. The Morgan fingerprint density at radius 1 is 0.541 bits per heavy atom. The first-order chi connectivity index (χ1) is 29.4. The van der Waals surface area contributed by atoms with Crippen molar-refractivity contribution < 1.29 is 8.83 Å². The molecule has 0 amide bonds. The van der Waals surface area contributed by atoms with Crippen LogP contribution in [0.1, 0.15) is 82.2 Å². The van der Waals surface area contributed by atoms with Crippen molar-refractivity contribution in [1.82, 2.24) is 4.48 Å². The van der Waals surface area contributed by atoms with E-state index < -0.39 is 0 Å². The van der Waals surface area contributed by atoms with Crippen LogP contribution in [-0.4, -0.2) is 11.3 Å². The van der Waals surface area contributed by atoms with Gasteiger partial charge in [-0.05, 0) is 122 Å². The molecule has 4 nitrogen and oxygen atoms in total. The standard InChI is InChI=1S/C56H45BN2O2/c1-30-27-39-40(55(4,5)26-25-54(39,2)3)29-42(30)58-43-28-37-31-15-8-11-20-38(31)56(6,7)47(37)46-35-18-14-19-36-49(35)59(50-34-17-10-13-22-45(34)61-53(36)50)57(48(43)46)41-24-23-33-32-16-9-12-21-44(32)60-52(33)51(41)58/h8-24,27-29H,25-26H2,1-7H3. The number of hydrogen-bond donors (Lipinski definition) is 0. The summed E-state index contributed by atoms with van der Waals surface area (Å²) >= 11 is 0. The number of nitrogens with zero attached hydrogens (tertiary/aromatic N) is 2. The average Bonchev–Trinajstić information content (AvgIpc) is 3.98. The van der Waals surface area contributed by atoms with Crippen molar-refractivity contribution in [1.29, 1.82) is 0 Å². The van der Waals surface area contributed by atoms with Gasteiger partial charge >= 0.3 is 6.85 Å². The summed E-state index contributed by atoms with van der Waals surface area (Å²) in [6.07, 6.45) is 2.33. The predicted octanol–water partition coefficient (Wildman–Crippen LogP) is 13.8. The van der Waals surface area contributed by atoms with Crippen LogP contribution in [0, 0.1) is 6.92 Å². The monoisotopic (exact) mass is 788 g/mol. The maximum Gasteiger partial charge on any atom is 0.333 e. The molecule has 5 heteroatoms. The lowest BCUT2D eigenvalue weighted by molar-refractivity contribution is 0.332. The molecule has 0 N–H and O–H groups in total. The Bertz CT molecular complexity index is 3660. The molecule has 7 aromatic carbocycles. The maximum atomic E-state index is 7.16. The van der Waals surface area contributed by atoms with E-state index in [-0.39, 0.29) is 23.1 Å². The fourth-order valence-corrected chi connectivity index (χ4v) is 12.7. The van der Waals surface area contributed by atoms with Gasteiger partial charge in [-0.2, -0.15) is 0 Å². The molecule has 0 radical (unpaired) electrons. The number of para-hydroxylation sites is 3. The zero-order valence-corrected chi connectivity index (χ0v) is 35.7. The molecule has 2 aliphatic heterocycles. The molecule has 0 spiro atoms. The Hall–Kier alpha value is -6.46. The van der Waals surface area contributed by atoms with Gasteiger partial charge in [0.05, 0.1) is 11.2 Å². The molecule has 0 atom stereocenters. The Morgan fingerprint density at radius 2 is 1.20 bits per heavy atom. The quantitative estimate of drug-likeness (QED) is 0.155. The summed E-state index contributed by atoms with van der Waals surface area (Å²) in [5.74, 6) is 0. The zero-order valence-electron chi connectivity index (χ0n) is 35.7. The molecule has 0 fully saturated rings. The molecule has 10 aromatic rings. The molecule has 5 heterocycles. The van der Waals surface area contributed by atoms with Gasteiger partial charge in [0.2, 0.25) is 0 Å². The van der Waals surface area contributed by atoms with Crippen LogP contribution < -0.4 is 15.8 Å². The largest absolute Gasteiger partial charge is 0.454 e. The lowest BCUT2D eigenvalue weighted by Crippen LogP contribution is -2.57. The van der Waals surface area contributed by atoms with Crippen LogP contribution in [-0.2, 0) is 16.2 Å². The smallest absolute Gasteiger partial charge is 0.333 e. The van der Waals surface area contributed by atoms with Crippen molar-refractivity contribution >= 4 is 89.7 Å². The van der Waals surface area contributed by atoms with Crippen LogP contribution in [0.3, 0.4) is 0 Å². The molecule has 2 aliphatic carbocycles. The van der Waals surface area contributed by atoms with E-state index in [0.29, 0.717) is 0 Å². The van der Waals surface area contributed by atoms with Gasteiger partial charge in [0.1, 0.15) is 11.2 Å². The van der Waals surface area contributed by atoms with Gasteiger partial charge in [0, 0.05) is 49.4 Å². The molecular weight excluding hydrogens is 743 g/mol. The molecule has 3 aromatic heterocycles. The summed E-state index contributed by atoms with van der Waals surface area (Å²) in [6.45, 7) is 16.8. The topological polar surface area (TPSA) is 34.5 Å². The molecule has 0 saturated heterocycles. The fourth-order valence-electron chi connectivity index (χ4n) is 12.7. The number of rotatable bonds is 1. The van der Waals surface area contributed by atoms with Gasteiger partial charge < -0.3 is 18.2 Å². The van der Waals surface area contributed by atoms with Crippen molar-refractivity contribution in [3.05, 3.63) is 149 Å². The van der Waals surface area contributed by atoms with E-state index in [1.165, 1.54) is 84.3 Å². The number of fused-ring (bicyclic) bond motifs is 18. The minimum Gasteiger partial charge on any atom is -0.454 e. The first-order valence-corrected chi connectivity index (χ1v) is 22.1. The lowest BCUT2D eigenvalue weighted by atomic mass is 9.44. The molecule has 0 bridgehead atoms. The molecule has 0 saturated carbocycles. The second-order valence-corrected chi connectivity index (χ2v) is 20.3. The number of aryl methyl sites for hydroxylation is 1. The summed E-state index contributed by atoms with van der Waals surface area (Å²) in [5.41, 5.74) is 24.4. The molecular formula is C56H45BN2O2.